The molecule has 17 heavy (non-hydrogen) atoms. The van der Waals surface area contributed by atoms with Gasteiger partial charge in [0.15, 0.2) is 11.5 Å². The summed E-state index contributed by atoms with van der Waals surface area (Å²) in [4.78, 5) is 0. The fourth-order valence-corrected chi connectivity index (χ4v) is 2.37. The zero-order chi connectivity index (χ0) is 11.8. The van der Waals surface area contributed by atoms with Crippen molar-refractivity contribution in [3.8, 4) is 11.5 Å². The van der Waals surface area contributed by atoms with Crippen molar-refractivity contribution in [1.82, 2.24) is 0 Å². The van der Waals surface area contributed by atoms with Gasteiger partial charge in [-0.1, -0.05) is 18.2 Å². The van der Waals surface area contributed by atoms with Gasteiger partial charge in [-0.2, -0.15) is 0 Å². The average molecular weight is 230 g/mol. The molecule has 0 saturated carbocycles. The lowest BCUT2D eigenvalue weighted by Gasteiger charge is -2.17. The Morgan fingerprint density at radius 2 is 2.06 bits per heavy atom. The van der Waals surface area contributed by atoms with E-state index >= 15 is 0 Å². The Morgan fingerprint density at radius 3 is 2.82 bits per heavy atom. The fourth-order valence-electron chi connectivity index (χ4n) is 2.37. The molecule has 1 aliphatic heterocycles. The summed E-state index contributed by atoms with van der Waals surface area (Å²) in [6, 6.07) is 5.99. The van der Waals surface area contributed by atoms with Crippen molar-refractivity contribution >= 4 is 0 Å². The second-order valence-electron chi connectivity index (χ2n) is 4.12. The summed E-state index contributed by atoms with van der Waals surface area (Å²) in [6.45, 7) is 0. The highest BCUT2D eigenvalue weighted by Crippen LogP contribution is 2.46. The molecule has 1 heterocycles. The SMILES string of the molecule is COC1=C[C@@H]2Oc3c(OC)cccc3[C@@H]2C=C1. The highest BCUT2D eigenvalue weighted by molar-refractivity contribution is 5.55. The first-order chi connectivity index (χ1) is 8.33. The summed E-state index contributed by atoms with van der Waals surface area (Å²) in [5, 5.41) is 0. The molecule has 2 atom stereocenters. The van der Waals surface area contributed by atoms with Gasteiger partial charge in [-0.3, -0.25) is 0 Å². The van der Waals surface area contributed by atoms with Gasteiger partial charge in [-0.25, -0.2) is 0 Å². The molecule has 0 saturated heterocycles. The van der Waals surface area contributed by atoms with Crippen molar-refractivity contribution < 1.29 is 14.2 Å². The number of hydrogen-bond acceptors (Lipinski definition) is 3. The normalized spacial score (nSPS) is 24.5. The van der Waals surface area contributed by atoms with Crippen LogP contribution in [0.5, 0.6) is 11.5 Å². The van der Waals surface area contributed by atoms with E-state index in [1.54, 1.807) is 14.2 Å². The molecule has 2 aliphatic rings. The third-order valence-electron chi connectivity index (χ3n) is 3.23. The summed E-state index contributed by atoms with van der Waals surface area (Å²) in [7, 11) is 3.33. The summed E-state index contributed by atoms with van der Waals surface area (Å²) < 4.78 is 16.5. The zero-order valence-corrected chi connectivity index (χ0v) is 9.84. The highest BCUT2D eigenvalue weighted by Gasteiger charge is 2.35. The lowest BCUT2D eigenvalue weighted by molar-refractivity contribution is 0.238. The molecule has 1 aromatic rings. The Labute approximate surface area is 100 Å². The van der Waals surface area contributed by atoms with Crippen molar-refractivity contribution in [2.75, 3.05) is 14.2 Å². The molecule has 1 aliphatic carbocycles. The second-order valence-corrected chi connectivity index (χ2v) is 4.12. The predicted molar refractivity (Wildman–Crippen MR) is 64.4 cm³/mol. The monoisotopic (exact) mass is 230 g/mol. The van der Waals surface area contributed by atoms with Gasteiger partial charge in [-0.15, -0.1) is 0 Å². The van der Waals surface area contributed by atoms with Crippen LogP contribution in [-0.2, 0) is 4.74 Å². The number of rotatable bonds is 2. The molecule has 0 N–H and O–H groups in total. The molecule has 0 bridgehead atoms. The van der Waals surface area contributed by atoms with Crippen molar-refractivity contribution in [2.45, 2.75) is 12.0 Å². The van der Waals surface area contributed by atoms with Crippen LogP contribution < -0.4 is 9.47 Å². The zero-order valence-electron chi connectivity index (χ0n) is 9.84. The molecule has 0 amide bonds. The number of ether oxygens (including phenoxy) is 3. The van der Waals surface area contributed by atoms with Crippen LogP contribution in [0.25, 0.3) is 0 Å². The van der Waals surface area contributed by atoms with Gasteiger partial charge in [0, 0.05) is 11.5 Å². The van der Waals surface area contributed by atoms with E-state index in [0.717, 1.165) is 17.3 Å². The molecule has 1 aromatic carbocycles. The van der Waals surface area contributed by atoms with Crippen LogP contribution in [0.3, 0.4) is 0 Å². The van der Waals surface area contributed by atoms with Crippen molar-refractivity contribution in [3.05, 3.63) is 47.7 Å². The minimum atomic E-state index is 0.0150. The molecule has 3 nitrogen and oxygen atoms in total. The minimum absolute atomic E-state index is 0.0150. The maximum atomic E-state index is 5.93. The first-order valence-corrected chi connectivity index (χ1v) is 5.61. The molecule has 3 rings (SSSR count). The second kappa shape index (κ2) is 3.84. The van der Waals surface area contributed by atoms with Crippen LogP contribution in [0, 0.1) is 0 Å². The molecular formula is C14H14O3. The first kappa shape index (κ1) is 10.3. The van der Waals surface area contributed by atoms with Crippen LogP contribution in [0.15, 0.2) is 42.2 Å². The third kappa shape index (κ3) is 1.50. The molecule has 0 unspecified atom stereocenters. The average Bonchev–Trinajstić information content (AvgIpc) is 2.75. The van der Waals surface area contributed by atoms with E-state index in [0.29, 0.717) is 0 Å². The summed E-state index contributed by atoms with van der Waals surface area (Å²) in [5.74, 6) is 2.75. The third-order valence-corrected chi connectivity index (χ3v) is 3.23. The largest absolute Gasteiger partial charge is 0.497 e. The lowest BCUT2D eigenvalue weighted by Crippen LogP contribution is -2.17. The van der Waals surface area contributed by atoms with Crippen LogP contribution in [-0.4, -0.2) is 20.3 Å². The number of methoxy groups -OCH3 is 2. The van der Waals surface area contributed by atoms with Crippen LogP contribution in [0.4, 0.5) is 0 Å². The van der Waals surface area contributed by atoms with E-state index in [1.165, 1.54) is 5.56 Å². The fraction of sp³-hybridized carbons (Fsp3) is 0.286. The van der Waals surface area contributed by atoms with Crippen LogP contribution in [0.2, 0.25) is 0 Å². The van der Waals surface area contributed by atoms with E-state index in [2.05, 4.69) is 12.1 Å². The molecule has 0 fully saturated rings. The standard InChI is InChI=1S/C14H14O3/c1-15-9-6-7-10-11-4-3-5-12(16-2)14(11)17-13(10)8-9/h3-8,10,13H,1-2H3/t10-,13-/m0/s1. The predicted octanol–water partition coefficient (Wildman–Crippen LogP) is 2.64. The Kier molecular flexibility index (Phi) is 2.32. The van der Waals surface area contributed by atoms with E-state index in [-0.39, 0.29) is 12.0 Å². The number of para-hydroxylation sites is 1. The summed E-state index contributed by atoms with van der Waals surface area (Å²) in [5.41, 5.74) is 1.18. The maximum absolute atomic E-state index is 5.93. The maximum Gasteiger partial charge on any atom is 0.166 e. The Hall–Kier alpha value is -1.90. The number of allylic oxidation sites excluding steroid dienone is 1. The number of benzene rings is 1. The molecule has 88 valence electrons. The van der Waals surface area contributed by atoms with Gasteiger partial charge >= 0.3 is 0 Å². The molecule has 0 radical (unpaired) electrons. The summed E-state index contributed by atoms with van der Waals surface area (Å²) in [6.07, 6.45) is 6.12. The van der Waals surface area contributed by atoms with Gasteiger partial charge in [0.2, 0.25) is 0 Å². The van der Waals surface area contributed by atoms with E-state index in [1.807, 2.05) is 24.3 Å². The van der Waals surface area contributed by atoms with Crippen LogP contribution >= 0.6 is 0 Å². The minimum Gasteiger partial charge on any atom is -0.497 e. The smallest absolute Gasteiger partial charge is 0.166 e. The van der Waals surface area contributed by atoms with Crippen molar-refractivity contribution in [3.63, 3.8) is 0 Å². The van der Waals surface area contributed by atoms with Crippen LogP contribution in [0.1, 0.15) is 11.5 Å². The molecular weight excluding hydrogens is 216 g/mol. The van der Waals surface area contributed by atoms with E-state index in [4.69, 9.17) is 14.2 Å². The molecule has 0 aromatic heterocycles. The number of hydrogen-bond donors (Lipinski definition) is 0. The lowest BCUT2D eigenvalue weighted by atomic mass is 9.91. The van der Waals surface area contributed by atoms with Gasteiger partial charge in [0.1, 0.15) is 11.9 Å². The Morgan fingerprint density at radius 1 is 1.18 bits per heavy atom. The quantitative estimate of drug-likeness (QED) is 0.781. The van der Waals surface area contributed by atoms with Gasteiger partial charge in [-0.05, 0) is 18.2 Å². The number of fused-ring (bicyclic) bond motifs is 3. The van der Waals surface area contributed by atoms with E-state index < -0.39 is 0 Å². The van der Waals surface area contributed by atoms with Crippen molar-refractivity contribution in [2.24, 2.45) is 0 Å². The van der Waals surface area contributed by atoms with Gasteiger partial charge < -0.3 is 14.2 Å². The van der Waals surface area contributed by atoms with Gasteiger partial charge in [0.05, 0.1) is 14.2 Å². The Balaban J connectivity index is 2.02. The van der Waals surface area contributed by atoms with E-state index in [9.17, 15) is 0 Å². The summed E-state index contributed by atoms with van der Waals surface area (Å²) >= 11 is 0. The molecule has 3 heteroatoms. The van der Waals surface area contributed by atoms with Gasteiger partial charge in [0.25, 0.3) is 0 Å². The highest BCUT2D eigenvalue weighted by atomic mass is 16.5. The Bertz CT molecular complexity index is 502. The topological polar surface area (TPSA) is 27.7 Å². The molecule has 0 spiro atoms. The first-order valence-electron chi connectivity index (χ1n) is 5.61. The van der Waals surface area contributed by atoms with Crippen molar-refractivity contribution in [1.29, 1.82) is 0 Å².